The van der Waals surface area contributed by atoms with Gasteiger partial charge in [0, 0.05) is 11.8 Å². The van der Waals surface area contributed by atoms with E-state index in [0.717, 1.165) is 22.5 Å². The highest BCUT2D eigenvalue weighted by Crippen LogP contribution is 2.28. The second-order valence-corrected chi connectivity index (χ2v) is 3.80. The van der Waals surface area contributed by atoms with Crippen LogP contribution < -0.4 is 4.74 Å². The fourth-order valence-electron chi connectivity index (χ4n) is 1.93. The minimum atomic E-state index is 0.843. The third-order valence-corrected chi connectivity index (χ3v) is 2.75. The maximum Gasteiger partial charge on any atom is 0.128 e. The van der Waals surface area contributed by atoms with Crippen molar-refractivity contribution in [3.63, 3.8) is 0 Å². The van der Waals surface area contributed by atoms with E-state index >= 15 is 0 Å². The molecule has 0 radical (unpaired) electrons. The highest BCUT2D eigenvalue weighted by molar-refractivity contribution is 5.71. The molecule has 3 heteroatoms. The lowest BCUT2D eigenvalue weighted by atomic mass is 10.1. The summed E-state index contributed by atoms with van der Waals surface area (Å²) < 4.78 is 7.21. The van der Waals surface area contributed by atoms with Crippen LogP contribution in [0.1, 0.15) is 0 Å². The van der Waals surface area contributed by atoms with Crippen molar-refractivity contribution in [2.45, 2.75) is 0 Å². The van der Waals surface area contributed by atoms with Crippen LogP contribution in [-0.4, -0.2) is 16.7 Å². The first kappa shape index (κ1) is 9.90. The van der Waals surface area contributed by atoms with Crippen LogP contribution >= 0.6 is 0 Å². The molecule has 1 aromatic carbocycles. The fourth-order valence-corrected chi connectivity index (χ4v) is 1.93. The molecule has 84 valence electrons. The summed E-state index contributed by atoms with van der Waals surface area (Å²) in [7, 11) is 1.68. The van der Waals surface area contributed by atoms with E-state index in [9.17, 15) is 0 Å². The molecule has 0 amide bonds. The van der Waals surface area contributed by atoms with Gasteiger partial charge in [-0.2, -0.15) is 5.10 Å². The lowest BCUT2D eigenvalue weighted by Crippen LogP contribution is -1.89. The van der Waals surface area contributed by atoms with Crippen LogP contribution in [-0.2, 0) is 0 Å². The topological polar surface area (TPSA) is 26.5 Å². The number of rotatable bonds is 2. The van der Waals surface area contributed by atoms with Crippen molar-refractivity contribution in [3.05, 3.63) is 54.7 Å². The Balaban J connectivity index is 2.20. The van der Waals surface area contributed by atoms with Crippen molar-refractivity contribution in [2.75, 3.05) is 7.11 Å². The van der Waals surface area contributed by atoms with Crippen LogP contribution in [0.4, 0.5) is 0 Å². The number of hydrogen-bond acceptors (Lipinski definition) is 2. The van der Waals surface area contributed by atoms with Gasteiger partial charge in [-0.05, 0) is 30.3 Å². The number of methoxy groups -OCH3 is 1. The molecule has 3 rings (SSSR count). The second kappa shape index (κ2) is 3.94. The zero-order chi connectivity index (χ0) is 11.7. The van der Waals surface area contributed by atoms with Gasteiger partial charge in [-0.1, -0.05) is 18.2 Å². The van der Waals surface area contributed by atoms with Crippen LogP contribution in [0.5, 0.6) is 5.75 Å². The van der Waals surface area contributed by atoms with Gasteiger partial charge in [0.25, 0.3) is 0 Å². The predicted octanol–water partition coefficient (Wildman–Crippen LogP) is 3.01. The maximum absolute atomic E-state index is 5.35. The average Bonchev–Trinajstić information content (AvgIpc) is 2.82. The first-order valence-corrected chi connectivity index (χ1v) is 5.46. The molecule has 0 aliphatic heterocycles. The number of aromatic nitrogens is 2. The first-order valence-electron chi connectivity index (χ1n) is 5.46. The normalized spacial score (nSPS) is 10.6. The van der Waals surface area contributed by atoms with Crippen LogP contribution in [0.15, 0.2) is 54.7 Å². The largest absolute Gasteiger partial charge is 0.496 e. The molecule has 3 nitrogen and oxygen atoms in total. The van der Waals surface area contributed by atoms with E-state index in [0.29, 0.717) is 0 Å². The molecule has 0 bridgehead atoms. The summed E-state index contributed by atoms with van der Waals surface area (Å²) in [5, 5.41) is 4.53. The van der Waals surface area contributed by atoms with E-state index in [1.54, 1.807) is 7.11 Å². The first-order chi connectivity index (χ1) is 8.38. The van der Waals surface area contributed by atoms with Crippen molar-refractivity contribution >= 4 is 5.52 Å². The lowest BCUT2D eigenvalue weighted by Gasteiger charge is -2.04. The number of pyridine rings is 1. The molecular formula is C14H12N2O. The fraction of sp³-hybridized carbons (Fsp3) is 0.0714. The number of hydrogen-bond donors (Lipinski definition) is 0. The zero-order valence-electron chi connectivity index (χ0n) is 9.50. The monoisotopic (exact) mass is 224 g/mol. The minimum Gasteiger partial charge on any atom is -0.496 e. The van der Waals surface area contributed by atoms with Crippen LogP contribution in [0, 0.1) is 0 Å². The van der Waals surface area contributed by atoms with Gasteiger partial charge in [0.2, 0.25) is 0 Å². The molecule has 3 aromatic rings. The van der Waals surface area contributed by atoms with E-state index < -0.39 is 0 Å². The van der Waals surface area contributed by atoms with E-state index in [1.807, 2.05) is 53.2 Å². The Hall–Kier alpha value is -2.29. The van der Waals surface area contributed by atoms with Crippen molar-refractivity contribution in [1.29, 1.82) is 0 Å². The summed E-state index contributed by atoms with van der Waals surface area (Å²) in [6.45, 7) is 0. The van der Waals surface area contributed by atoms with Crippen molar-refractivity contribution in [3.8, 4) is 17.0 Å². The summed E-state index contributed by atoms with van der Waals surface area (Å²) in [6, 6.07) is 16.0. The predicted molar refractivity (Wildman–Crippen MR) is 67.2 cm³/mol. The maximum atomic E-state index is 5.35. The SMILES string of the molecule is COc1ccccc1-c1cc2ccccn2n1. The molecule has 0 saturated heterocycles. The quantitative estimate of drug-likeness (QED) is 0.669. The van der Waals surface area contributed by atoms with E-state index in [4.69, 9.17) is 4.74 Å². The van der Waals surface area contributed by atoms with Crippen molar-refractivity contribution in [2.24, 2.45) is 0 Å². The van der Waals surface area contributed by atoms with E-state index in [2.05, 4.69) is 11.2 Å². The van der Waals surface area contributed by atoms with Gasteiger partial charge in [0.05, 0.1) is 18.3 Å². The Morgan fingerprint density at radius 2 is 1.88 bits per heavy atom. The summed E-state index contributed by atoms with van der Waals surface area (Å²) in [4.78, 5) is 0. The van der Waals surface area contributed by atoms with Crippen LogP contribution in [0.3, 0.4) is 0 Å². The number of benzene rings is 1. The number of ether oxygens (including phenoxy) is 1. The highest BCUT2D eigenvalue weighted by atomic mass is 16.5. The Morgan fingerprint density at radius 1 is 1.06 bits per heavy atom. The summed E-state index contributed by atoms with van der Waals surface area (Å²) in [5.41, 5.74) is 3.01. The van der Waals surface area contributed by atoms with E-state index in [-0.39, 0.29) is 0 Å². The molecule has 0 fully saturated rings. The third kappa shape index (κ3) is 1.65. The van der Waals surface area contributed by atoms with Gasteiger partial charge in [-0.15, -0.1) is 0 Å². The third-order valence-electron chi connectivity index (χ3n) is 2.75. The standard InChI is InChI=1S/C14H12N2O/c1-17-14-8-3-2-7-12(14)13-10-11-6-4-5-9-16(11)15-13/h2-10H,1H3. The molecule has 0 unspecified atom stereocenters. The molecule has 0 saturated carbocycles. The Bertz CT molecular complexity index is 625. The van der Waals surface area contributed by atoms with Gasteiger partial charge in [-0.25, -0.2) is 4.52 Å². The number of para-hydroxylation sites is 1. The van der Waals surface area contributed by atoms with Gasteiger partial charge in [0.1, 0.15) is 5.75 Å². The molecule has 0 aliphatic carbocycles. The molecule has 0 N–H and O–H groups in total. The lowest BCUT2D eigenvalue weighted by molar-refractivity contribution is 0.416. The number of fused-ring (bicyclic) bond motifs is 1. The van der Waals surface area contributed by atoms with Crippen LogP contribution in [0.25, 0.3) is 16.8 Å². The van der Waals surface area contributed by atoms with Gasteiger partial charge in [-0.3, -0.25) is 0 Å². The van der Waals surface area contributed by atoms with Crippen molar-refractivity contribution in [1.82, 2.24) is 9.61 Å². The number of nitrogens with zero attached hydrogens (tertiary/aromatic N) is 2. The van der Waals surface area contributed by atoms with Gasteiger partial charge >= 0.3 is 0 Å². The Morgan fingerprint density at radius 3 is 2.71 bits per heavy atom. The van der Waals surface area contributed by atoms with E-state index in [1.165, 1.54) is 0 Å². The molecule has 2 aromatic heterocycles. The summed E-state index contributed by atoms with van der Waals surface area (Å²) in [6.07, 6.45) is 1.94. The highest BCUT2D eigenvalue weighted by Gasteiger charge is 2.08. The molecule has 17 heavy (non-hydrogen) atoms. The molecular weight excluding hydrogens is 212 g/mol. The Kier molecular flexibility index (Phi) is 2.29. The molecule has 0 aliphatic rings. The molecule has 0 atom stereocenters. The van der Waals surface area contributed by atoms with Crippen LogP contribution in [0.2, 0.25) is 0 Å². The van der Waals surface area contributed by atoms with Gasteiger partial charge in [0.15, 0.2) is 0 Å². The molecule has 2 heterocycles. The smallest absolute Gasteiger partial charge is 0.128 e. The Labute approximate surface area is 99.3 Å². The van der Waals surface area contributed by atoms with Gasteiger partial charge < -0.3 is 4.74 Å². The minimum absolute atomic E-state index is 0.843. The zero-order valence-corrected chi connectivity index (χ0v) is 9.50. The summed E-state index contributed by atoms with van der Waals surface area (Å²) in [5.74, 6) is 0.843. The molecule has 0 spiro atoms. The second-order valence-electron chi connectivity index (χ2n) is 3.80. The van der Waals surface area contributed by atoms with Crippen molar-refractivity contribution < 1.29 is 4.74 Å². The summed E-state index contributed by atoms with van der Waals surface area (Å²) >= 11 is 0. The average molecular weight is 224 g/mol.